The summed E-state index contributed by atoms with van der Waals surface area (Å²) < 4.78 is 46.4. The molecular formula is C3H7F2NO5S2. The van der Waals surface area contributed by atoms with Crippen molar-refractivity contribution < 1.29 is 31.8 Å². The van der Waals surface area contributed by atoms with Crippen LogP contribution in [0.1, 0.15) is 0 Å². The summed E-state index contributed by atoms with van der Waals surface area (Å²) >= 11 is -0.821. The van der Waals surface area contributed by atoms with E-state index >= 15 is 0 Å². The molecule has 0 rings (SSSR count). The Labute approximate surface area is 77.5 Å². The van der Waals surface area contributed by atoms with Crippen molar-refractivity contribution in [3.63, 3.8) is 0 Å². The minimum atomic E-state index is -4.80. The van der Waals surface area contributed by atoms with Gasteiger partial charge in [-0.25, -0.2) is 18.0 Å². The number of alkyl halides is 2. The molecule has 0 aliphatic carbocycles. The highest BCUT2D eigenvalue weighted by Gasteiger charge is 2.49. The van der Waals surface area contributed by atoms with Crippen molar-refractivity contribution in [1.29, 1.82) is 0 Å². The molecule has 0 radical (unpaired) electrons. The van der Waals surface area contributed by atoms with Crippen LogP contribution < -0.4 is 0 Å². The fourth-order valence-electron chi connectivity index (χ4n) is 0.310. The van der Waals surface area contributed by atoms with E-state index in [4.69, 9.17) is 5.26 Å². The van der Waals surface area contributed by atoms with Crippen LogP contribution in [0.25, 0.3) is 0 Å². The molecule has 0 aromatic rings. The first-order chi connectivity index (χ1) is 5.75. The molecule has 0 bridgehead atoms. The maximum atomic E-state index is 12.7. The first kappa shape index (κ1) is 13.0. The van der Waals surface area contributed by atoms with Gasteiger partial charge in [0.15, 0.2) is 0 Å². The van der Waals surface area contributed by atoms with Crippen LogP contribution in [-0.2, 0) is 19.4 Å². The number of hydrogen-bond donors (Lipinski definition) is 1. The predicted octanol–water partition coefficient (Wildman–Crippen LogP) is 0.498. The van der Waals surface area contributed by atoms with Crippen molar-refractivity contribution in [1.82, 2.24) is 4.31 Å². The molecule has 0 aliphatic rings. The third-order valence-corrected chi connectivity index (χ3v) is 3.66. The topological polar surface area (TPSA) is 76.1 Å². The number of hydrogen-bond acceptors (Lipinski definition) is 6. The summed E-state index contributed by atoms with van der Waals surface area (Å²) in [4.78, 5) is 0. The monoisotopic (exact) mass is 239 g/mol. The second-order valence-corrected chi connectivity index (χ2v) is 5.24. The molecule has 0 atom stereocenters. The Morgan fingerprint density at radius 1 is 1.46 bits per heavy atom. The maximum Gasteiger partial charge on any atom is 0.433 e. The van der Waals surface area contributed by atoms with Gasteiger partial charge in [-0.2, -0.15) is 8.78 Å². The van der Waals surface area contributed by atoms with E-state index in [9.17, 15) is 17.2 Å². The molecule has 10 heteroatoms. The van der Waals surface area contributed by atoms with Crippen LogP contribution in [0.5, 0.6) is 0 Å². The number of sulfonamides is 1. The molecule has 0 aromatic carbocycles. The fraction of sp³-hybridized carbons (Fsp3) is 1.00. The van der Waals surface area contributed by atoms with Crippen molar-refractivity contribution in [2.24, 2.45) is 0 Å². The molecule has 0 saturated heterocycles. The number of halogens is 2. The van der Waals surface area contributed by atoms with Crippen molar-refractivity contribution in [3.8, 4) is 0 Å². The third kappa shape index (κ3) is 3.00. The van der Waals surface area contributed by atoms with Crippen molar-refractivity contribution in [2.45, 2.75) is 4.59 Å². The van der Waals surface area contributed by atoms with Gasteiger partial charge in [-0.3, -0.25) is 0 Å². The Hall–Kier alpha value is -0.0000000000000000694. The molecule has 0 aliphatic heterocycles. The third-order valence-electron chi connectivity index (χ3n) is 0.942. The molecule has 80 valence electrons. The van der Waals surface area contributed by atoms with Gasteiger partial charge in [-0.05, 0) is 0 Å². The van der Waals surface area contributed by atoms with Crippen molar-refractivity contribution in [3.05, 3.63) is 0 Å². The van der Waals surface area contributed by atoms with E-state index in [1.165, 1.54) is 0 Å². The standard InChI is InChI=1S/C3H7F2NO5S2/c1-6(2)13(8,9)3(4,5)12-11-10-7/h7H,1-2H3. The second-order valence-electron chi connectivity index (χ2n) is 1.98. The molecule has 13 heavy (non-hydrogen) atoms. The van der Waals surface area contributed by atoms with Crippen LogP contribution >= 0.6 is 12.0 Å². The fourth-order valence-corrected chi connectivity index (χ4v) is 1.72. The average Bonchev–Trinajstić information content (AvgIpc) is 2.00. The Bertz CT molecular complexity index is 253. The molecular weight excluding hydrogens is 232 g/mol. The van der Waals surface area contributed by atoms with Gasteiger partial charge in [0.05, 0.1) is 0 Å². The summed E-state index contributed by atoms with van der Waals surface area (Å²) in [7, 11) is -2.93. The van der Waals surface area contributed by atoms with E-state index in [1.807, 2.05) is 0 Å². The largest absolute Gasteiger partial charge is 0.433 e. The van der Waals surface area contributed by atoms with E-state index in [1.54, 1.807) is 0 Å². The summed E-state index contributed by atoms with van der Waals surface area (Å²) in [5.74, 6) is 0. The molecule has 0 heterocycles. The van der Waals surface area contributed by atoms with Gasteiger partial charge in [0.25, 0.3) is 10.0 Å². The molecule has 0 spiro atoms. The Morgan fingerprint density at radius 2 is 1.92 bits per heavy atom. The van der Waals surface area contributed by atoms with Crippen LogP contribution in [0.3, 0.4) is 0 Å². The van der Waals surface area contributed by atoms with Crippen LogP contribution in [0.4, 0.5) is 8.78 Å². The molecule has 1 N–H and O–H groups in total. The average molecular weight is 239 g/mol. The van der Waals surface area contributed by atoms with E-state index < -0.39 is 26.7 Å². The number of rotatable bonds is 5. The van der Waals surface area contributed by atoms with E-state index in [0.717, 1.165) is 14.1 Å². The maximum absolute atomic E-state index is 12.7. The van der Waals surface area contributed by atoms with Gasteiger partial charge in [0.1, 0.15) is 12.0 Å². The second kappa shape index (κ2) is 4.48. The van der Waals surface area contributed by atoms with Crippen LogP contribution in [-0.4, -0.2) is 36.7 Å². The minimum absolute atomic E-state index is 0.320. The van der Waals surface area contributed by atoms with Crippen molar-refractivity contribution >= 4 is 22.1 Å². The summed E-state index contributed by atoms with van der Waals surface area (Å²) in [6.45, 7) is 0. The molecule has 6 nitrogen and oxygen atoms in total. The zero-order valence-electron chi connectivity index (χ0n) is 6.60. The highest BCUT2D eigenvalue weighted by molar-refractivity contribution is 8.10. The zero-order chi connectivity index (χ0) is 10.7. The van der Waals surface area contributed by atoms with Crippen molar-refractivity contribution in [2.75, 3.05) is 14.1 Å². The summed E-state index contributed by atoms with van der Waals surface area (Å²) in [6, 6.07) is 0. The Balaban J connectivity index is 4.62. The summed E-state index contributed by atoms with van der Waals surface area (Å²) in [5, 5.41) is 10.4. The van der Waals surface area contributed by atoms with Gasteiger partial charge in [-0.15, -0.1) is 4.33 Å². The minimum Gasteiger partial charge on any atom is -0.220 e. The van der Waals surface area contributed by atoms with E-state index in [2.05, 4.69) is 9.37 Å². The zero-order valence-corrected chi connectivity index (χ0v) is 8.23. The van der Waals surface area contributed by atoms with E-state index in [0.29, 0.717) is 4.31 Å². The van der Waals surface area contributed by atoms with E-state index in [-0.39, 0.29) is 0 Å². The molecule has 0 unspecified atom stereocenters. The smallest absolute Gasteiger partial charge is 0.220 e. The predicted molar refractivity (Wildman–Crippen MR) is 39.9 cm³/mol. The Kier molecular flexibility index (Phi) is 4.48. The molecule has 0 amide bonds. The number of nitrogens with zero attached hydrogens (tertiary/aromatic N) is 1. The lowest BCUT2D eigenvalue weighted by Gasteiger charge is -2.17. The first-order valence-corrected chi connectivity index (χ1v) is 4.89. The van der Waals surface area contributed by atoms with Gasteiger partial charge in [0, 0.05) is 14.1 Å². The van der Waals surface area contributed by atoms with Crippen LogP contribution in [0.15, 0.2) is 0 Å². The molecule has 0 fully saturated rings. The van der Waals surface area contributed by atoms with Crippen LogP contribution in [0.2, 0.25) is 0 Å². The quantitative estimate of drug-likeness (QED) is 0.427. The van der Waals surface area contributed by atoms with Gasteiger partial charge < -0.3 is 0 Å². The summed E-state index contributed by atoms with van der Waals surface area (Å²) in [6.07, 6.45) is 0. The molecule has 0 saturated carbocycles. The van der Waals surface area contributed by atoms with Gasteiger partial charge >= 0.3 is 4.59 Å². The Morgan fingerprint density at radius 3 is 2.23 bits per heavy atom. The van der Waals surface area contributed by atoms with Gasteiger partial charge in [-0.1, -0.05) is 5.04 Å². The first-order valence-electron chi connectivity index (χ1n) is 2.71. The highest BCUT2D eigenvalue weighted by atomic mass is 32.3. The lowest BCUT2D eigenvalue weighted by Crippen LogP contribution is -2.36. The SMILES string of the molecule is CN(C)S(=O)(=O)C(F)(F)SOOO. The molecule has 0 aromatic heterocycles. The van der Waals surface area contributed by atoms with Crippen LogP contribution in [0, 0.1) is 0 Å². The summed E-state index contributed by atoms with van der Waals surface area (Å²) in [5.41, 5.74) is 0. The van der Waals surface area contributed by atoms with Gasteiger partial charge in [0.2, 0.25) is 0 Å². The lowest BCUT2D eigenvalue weighted by molar-refractivity contribution is -0.433. The lowest BCUT2D eigenvalue weighted by atomic mass is 11.3. The highest BCUT2D eigenvalue weighted by Crippen LogP contribution is 2.36. The normalized spacial score (nSPS) is 13.7.